The van der Waals surface area contributed by atoms with Crippen LogP contribution < -0.4 is 0 Å². The lowest BCUT2D eigenvalue weighted by Gasteiger charge is -2.18. The number of hydrogen-bond donors (Lipinski definition) is 2. The number of carbonyl (C=O) groups is 1. The molecular formula is C7H7BF2O3. The van der Waals surface area contributed by atoms with E-state index in [9.17, 15) is 13.6 Å². The fourth-order valence-corrected chi connectivity index (χ4v) is 1.02. The first-order chi connectivity index (χ1) is 5.98. The van der Waals surface area contributed by atoms with Gasteiger partial charge in [0.2, 0.25) is 0 Å². The van der Waals surface area contributed by atoms with Crippen molar-refractivity contribution in [3.63, 3.8) is 0 Å². The smallest absolute Gasteiger partial charge is 0.423 e. The molecule has 0 aliphatic heterocycles. The van der Waals surface area contributed by atoms with Gasteiger partial charge in [0.25, 0.3) is 0 Å². The molecule has 1 aliphatic carbocycles. The van der Waals surface area contributed by atoms with E-state index in [0.29, 0.717) is 0 Å². The topological polar surface area (TPSA) is 57.5 Å². The summed E-state index contributed by atoms with van der Waals surface area (Å²) in [6.45, 7) is 0. The van der Waals surface area contributed by atoms with Crippen LogP contribution in [0.3, 0.4) is 0 Å². The van der Waals surface area contributed by atoms with E-state index in [0.717, 1.165) is 12.2 Å². The van der Waals surface area contributed by atoms with Crippen LogP contribution in [0.1, 0.15) is 6.42 Å². The summed E-state index contributed by atoms with van der Waals surface area (Å²) in [6.07, 6.45) is 0.860. The first kappa shape index (κ1) is 10.1. The molecule has 1 unspecified atom stereocenters. The standard InChI is InChI=1S/C7H7BF2O3/c9-6-3-7(10,4-11)2-1-5(6)8(12)13/h1-2,4,12-13H,3H2. The van der Waals surface area contributed by atoms with E-state index in [-0.39, 0.29) is 6.29 Å². The Kier molecular flexibility index (Phi) is 2.63. The first-order valence-corrected chi connectivity index (χ1v) is 3.58. The molecule has 6 heteroatoms. The van der Waals surface area contributed by atoms with Crippen molar-refractivity contribution in [1.29, 1.82) is 0 Å². The van der Waals surface area contributed by atoms with Crippen LogP contribution in [0.25, 0.3) is 0 Å². The number of allylic oxidation sites excluding steroid dienone is 4. The molecule has 0 heterocycles. The molecule has 1 rings (SSSR count). The van der Waals surface area contributed by atoms with Crippen molar-refractivity contribution in [3.8, 4) is 0 Å². The van der Waals surface area contributed by atoms with Crippen molar-refractivity contribution in [2.75, 3.05) is 0 Å². The van der Waals surface area contributed by atoms with Crippen molar-refractivity contribution >= 4 is 13.4 Å². The van der Waals surface area contributed by atoms with Crippen LogP contribution in [0.4, 0.5) is 8.78 Å². The second kappa shape index (κ2) is 3.39. The lowest BCUT2D eigenvalue weighted by Crippen LogP contribution is -2.28. The largest absolute Gasteiger partial charge is 0.491 e. The predicted molar refractivity (Wildman–Crippen MR) is 42.0 cm³/mol. The molecule has 0 aromatic carbocycles. The van der Waals surface area contributed by atoms with Crippen molar-refractivity contribution in [2.24, 2.45) is 0 Å². The minimum absolute atomic E-state index is 0.0242. The van der Waals surface area contributed by atoms with Gasteiger partial charge in [-0.25, -0.2) is 8.78 Å². The van der Waals surface area contributed by atoms with Crippen LogP contribution >= 0.6 is 0 Å². The van der Waals surface area contributed by atoms with Crippen LogP contribution in [0.2, 0.25) is 0 Å². The Bertz CT molecular complexity index is 287. The van der Waals surface area contributed by atoms with Crippen LogP contribution in [-0.4, -0.2) is 29.1 Å². The molecule has 70 valence electrons. The summed E-state index contributed by atoms with van der Waals surface area (Å²) >= 11 is 0. The lowest BCUT2D eigenvalue weighted by molar-refractivity contribution is -0.115. The van der Waals surface area contributed by atoms with Gasteiger partial charge in [-0.3, -0.25) is 4.79 Å². The Morgan fingerprint density at radius 3 is 2.62 bits per heavy atom. The number of carbonyl (C=O) groups excluding carboxylic acids is 1. The minimum atomic E-state index is -2.36. The van der Waals surface area contributed by atoms with Gasteiger partial charge >= 0.3 is 7.12 Å². The highest BCUT2D eigenvalue weighted by atomic mass is 19.1. The molecule has 13 heavy (non-hydrogen) atoms. The number of halogens is 2. The number of aldehydes is 1. The summed E-state index contributed by atoms with van der Waals surface area (Å²) < 4.78 is 26.0. The van der Waals surface area contributed by atoms with Crippen LogP contribution in [0.15, 0.2) is 23.5 Å². The summed E-state index contributed by atoms with van der Waals surface area (Å²) in [5.41, 5.74) is -2.77. The molecule has 1 aliphatic rings. The van der Waals surface area contributed by atoms with Gasteiger partial charge in [-0.15, -0.1) is 0 Å². The summed E-state index contributed by atoms with van der Waals surface area (Å²) in [7, 11) is -1.98. The van der Waals surface area contributed by atoms with Crippen LogP contribution in [-0.2, 0) is 4.79 Å². The molecule has 0 spiro atoms. The zero-order valence-corrected chi connectivity index (χ0v) is 6.58. The summed E-state index contributed by atoms with van der Waals surface area (Å²) in [4.78, 5) is 10.2. The minimum Gasteiger partial charge on any atom is -0.423 e. The molecule has 2 N–H and O–H groups in total. The molecule has 0 bridgehead atoms. The van der Waals surface area contributed by atoms with Crippen LogP contribution in [0, 0.1) is 0 Å². The molecule has 1 atom stereocenters. The molecule has 3 nitrogen and oxygen atoms in total. The van der Waals surface area contributed by atoms with Gasteiger partial charge in [0.15, 0.2) is 12.0 Å². The number of alkyl halides is 1. The van der Waals surface area contributed by atoms with Gasteiger partial charge in [-0.2, -0.15) is 0 Å². The average molecular weight is 188 g/mol. The average Bonchev–Trinajstić information content (AvgIpc) is 2.03. The summed E-state index contributed by atoms with van der Waals surface area (Å²) in [5.74, 6) is -1.02. The van der Waals surface area contributed by atoms with Crippen molar-refractivity contribution < 1.29 is 23.6 Å². The molecular weight excluding hydrogens is 181 g/mol. The van der Waals surface area contributed by atoms with Crippen LogP contribution in [0.5, 0.6) is 0 Å². The quantitative estimate of drug-likeness (QED) is 0.476. The van der Waals surface area contributed by atoms with Gasteiger partial charge in [0.05, 0.1) is 0 Å². The normalized spacial score (nSPS) is 27.7. The zero-order chi connectivity index (χ0) is 10.1. The Morgan fingerprint density at radius 1 is 1.62 bits per heavy atom. The van der Waals surface area contributed by atoms with Gasteiger partial charge in [0.1, 0.15) is 5.83 Å². The molecule has 0 saturated heterocycles. The summed E-state index contributed by atoms with van der Waals surface area (Å²) in [6, 6.07) is 0. The maximum Gasteiger partial charge on any atom is 0.491 e. The lowest BCUT2D eigenvalue weighted by atomic mass is 9.74. The fourth-order valence-electron chi connectivity index (χ4n) is 1.02. The SMILES string of the molecule is O=CC1(F)C=CC(B(O)O)=C(F)C1. The van der Waals surface area contributed by atoms with E-state index in [1.807, 2.05) is 0 Å². The van der Waals surface area contributed by atoms with E-state index < -0.39 is 30.5 Å². The Labute approximate surface area is 73.5 Å². The molecule has 0 radical (unpaired) electrons. The summed E-state index contributed by atoms with van der Waals surface area (Å²) in [5, 5.41) is 17.2. The molecule has 0 aromatic rings. The Morgan fingerprint density at radius 2 is 2.23 bits per heavy atom. The van der Waals surface area contributed by atoms with Gasteiger partial charge in [-0.05, 0) is 6.08 Å². The van der Waals surface area contributed by atoms with Gasteiger partial charge in [0, 0.05) is 11.9 Å². The predicted octanol–water partition coefficient (Wildman–Crippen LogP) is 0.0891. The van der Waals surface area contributed by atoms with Gasteiger partial charge < -0.3 is 10.0 Å². The van der Waals surface area contributed by atoms with Crippen molar-refractivity contribution in [1.82, 2.24) is 0 Å². The second-order valence-corrected chi connectivity index (χ2v) is 2.79. The third-order valence-electron chi connectivity index (χ3n) is 1.75. The van der Waals surface area contributed by atoms with E-state index in [2.05, 4.69) is 0 Å². The monoisotopic (exact) mass is 188 g/mol. The third-order valence-corrected chi connectivity index (χ3v) is 1.75. The highest BCUT2D eigenvalue weighted by molar-refractivity contribution is 6.52. The number of hydrogen-bond acceptors (Lipinski definition) is 3. The maximum atomic E-state index is 13.1. The zero-order valence-electron chi connectivity index (χ0n) is 6.58. The number of rotatable bonds is 2. The molecule has 0 aromatic heterocycles. The molecule has 0 amide bonds. The molecule has 0 saturated carbocycles. The Balaban J connectivity index is 2.92. The fraction of sp³-hybridized carbons (Fsp3) is 0.286. The first-order valence-electron chi connectivity index (χ1n) is 3.58. The Hall–Kier alpha value is -1.01. The maximum absolute atomic E-state index is 13.1. The highest BCUT2D eigenvalue weighted by Gasteiger charge is 2.34. The molecule has 0 fully saturated rings. The van der Waals surface area contributed by atoms with E-state index >= 15 is 0 Å². The van der Waals surface area contributed by atoms with Gasteiger partial charge in [-0.1, -0.05) is 6.08 Å². The second-order valence-electron chi connectivity index (χ2n) is 2.79. The third kappa shape index (κ3) is 2.02. The van der Waals surface area contributed by atoms with Crippen molar-refractivity contribution in [2.45, 2.75) is 12.1 Å². The van der Waals surface area contributed by atoms with E-state index in [1.165, 1.54) is 0 Å². The van der Waals surface area contributed by atoms with Crippen molar-refractivity contribution in [3.05, 3.63) is 23.5 Å². The van der Waals surface area contributed by atoms with E-state index in [1.54, 1.807) is 0 Å². The van der Waals surface area contributed by atoms with E-state index in [4.69, 9.17) is 10.0 Å². The highest BCUT2D eigenvalue weighted by Crippen LogP contribution is 2.29.